The lowest BCUT2D eigenvalue weighted by molar-refractivity contribution is -0.115. The maximum atomic E-state index is 13.0. The molecule has 0 spiro atoms. The van der Waals surface area contributed by atoms with Crippen LogP contribution in [0.3, 0.4) is 0 Å². The van der Waals surface area contributed by atoms with Gasteiger partial charge in [-0.25, -0.2) is 4.39 Å². The number of hydrogen-bond acceptors (Lipinski definition) is 3. The fraction of sp³-hybridized carbons (Fsp3) is 0.200. The summed E-state index contributed by atoms with van der Waals surface area (Å²) in [5.41, 5.74) is 2.62. The summed E-state index contributed by atoms with van der Waals surface area (Å²) in [5, 5.41) is 5.66. The zero-order chi connectivity index (χ0) is 14.4. The zero-order valence-corrected chi connectivity index (χ0v) is 11.2. The van der Waals surface area contributed by atoms with Crippen LogP contribution in [-0.4, -0.2) is 17.4 Å². The lowest BCUT2D eigenvalue weighted by Crippen LogP contribution is -2.28. The SMILES string of the molecule is Cc1ccncc1CNCC(=O)Nc1cccc(F)c1. The first-order valence-electron chi connectivity index (χ1n) is 6.31. The predicted octanol–water partition coefficient (Wildman–Crippen LogP) is 2.26. The molecular formula is C15H16FN3O. The Kier molecular flexibility index (Phi) is 4.79. The second-order valence-corrected chi connectivity index (χ2v) is 4.46. The molecule has 0 saturated heterocycles. The summed E-state index contributed by atoms with van der Waals surface area (Å²) in [4.78, 5) is 15.7. The van der Waals surface area contributed by atoms with Gasteiger partial charge in [0, 0.05) is 24.6 Å². The summed E-state index contributed by atoms with van der Waals surface area (Å²) < 4.78 is 13.0. The van der Waals surface area contributed by atoms with Crippen molar-refractivity contribution < 1.29 is 9.18 Å². The Morgan fingerprint density at radius 1 is 1.35 bits per heavy atom. The van der Waals surface area contributed by atoms with Crippen molar-refractivity contribution in [1.29, 1.82) is 0 Å². The molecule has 2 aromatic rings. The van der Waals surface area contributed by atoms with Crippen LogP contribution < -0.4 is 10.6 Å². The van der Waals surface area contributed by atoms with E-state index >= 15 is 0 Å². The molecule has 0 unspecified atom stereocenters. The number of pyridine rings is 1. The van der Waals surface area contributed by atoms with Crippen LogP contribution in [0.25, 0.3) is 0 Å². The van der Waals surface area contributed by atoms with Crippen molar-refractivity contribution in [3.05, 3.63) is 59.7 Å². The van der Waals surface area contributed by atoms with E-state index in [-0.39, 0.29) is 18.3 Å². The molecule has 0 radical (unpaired) electrons. The molecule has 104 valence electrons. The number of aryl methyl sites for hydroxylation is 1. The fourth-order valence-electron chi connectivity index (χ4n) is 1.76. The van der Waals surface area contributed by atoms with Gasteiger partial charge in [-0.1, -0.05) is 6.07 Å². The number of hydrogen-bond donors (Lipinski definition) is 2. The lowest BCUT2D eigenvalue weighted by atomic mass is 10.1. The normalized spacial score (nSPS) is 10.3. The van der Waals surface area contributed by atoms with Crippen LogP contribution in [0.1, 0.15) is 11.1 Å². The van der Waals surface area contributed by atoms with Gasteiger partial charge in [-0.15, -0.1) is 0 Å². The van der Waals surface area contributed by atoms with Crippen LogP contribution in [0.2, 0.25) is 0 Å². The van der Waals surface area contributed by atoms with Crippen LogP contribution in [-0.2, 0) is 11.3 Å². The molecule has 0 fully saturated rings. The molecule has 0 aliphatic heterocycles. The minimum atomic E-state index is -0.373. The van der Waals surface area contributed by atoms with Crippen molar-refractivity contribution in [3.8, 4) is 0 Å². The van der Waals surface area contributed by atoms with Crippen molar-refractivity contribution in [1.82, 2.24) is 10.3 Å². The number of aromatic nitrogens is 1. The number of carbonyl (C=O) groups excluding carboxylic acids is 1. The Morgan fingerprint density at radius 2 is 2.20 bits per heavy atom. The number of rotatable bonds is 5. The third-order valence-electron chi connectivity index (χ3n) is 2.86. The molecule has 1 aromatic heterocycles. The van der Waals surface area contributed by atoms with Gasteiger partial charge in [-0.05, 0) is 42.3 Å². The third-order valence-corrected chi connectivity index (χ3v) is 2.86. The van der Waals surface area contributed by atoms with Crippen molar-refractivity contribution in [3.63, 3.8) is 0 Å². The topological polar surface area (TPSA) is 54.0 Å². The van der Waals surface area contributed by atoms with Gasteiger partial charge in [0.05, 0.1) is 6.54 Å². The summed E-state index contributed by atoms with van der Waals surface area (Å²) >= 11 is 0. The maximum absolute atomic E-state index is 13.0. The molecule has 1 aromatic carbocycles. The van der Waals surface area contributed by atoms with E-state index in [1.54, 1.807) is 24.5 Å². The highest BCUT2D eigenvalue weighted by Crippen LogP contribution is 2.08. The molecule has 0 atom stereocenters. The zero-order valence-electron chi connectivity index (χ0n) is 11.2. The van der Waals surface area contributed by atoms with Crippen molar-refractivity contribution in [2.45, 2.75) is 13.5 Å². The standard InChI is InChI=1S/C15H16FN3O/c1-11-5-6-17-8-12(11)9-18-10-15(20)19-14-4-2-3-13(16)7-14/h2-8,18H,9-10H2,1H3,(H,19,20). The van der Waals surface area contributed by atoms with Crippen molar-refractivity contribution in [2.75, 3.05) is 11.9 Å². The van der Waals surface area contributed by atoms with Gasteiger partial charge >= 0.3 is 0 Å². The van der Waals surface area contributed by atoms with Gasteiger partial charge in [0.1, 0.15) is 5.82 Å². The average Bonchev–Trinajstić information content (AvgIpc) is 2.41. The molecule has 0 saturated carbocycles. The molecule has 4 nitrogen and oxygen atoms in total. The van der Waals surface area contributed by atoms with E-state index < -0.39 is 0 Å². The van der Waals surface area contributed by atoms with Crippen LogP contribution >= 0.6 is 0 Å². The summed E-state index contributed by atoms with van der Waals surface area (Å²) in [6.45, 7) is 2.71. The molecule has 0 aliphatic carbocycles. The minimum Gasteiger partial charge on any atom is -0.325 e. The fourth-order valence-corrected chi connectivity index (χ4v) is 1.76. The Morgan fingerprint density at radius 3 is 2.95 bits per heavy atom. The third kappa shape index (κ3) is 4.13. The number of nitrogens with one attached hydrogen (secondary N) is 2. The van der Waals surface area contributed by atoms with E-state index in [2.05, 4.69) is 15.6 Å². The average molecular weight is 273 g/mol. The minimum absolute atomic E-state index is 0.158. The van der Waals surface area contributed by atoms with E-state index in [0.29, 0.717) is 12.2 Å². The largest absolute Gasteiger partial charge is 0.325 e. The summed E-state index contributed by atoms with van der Waals surface area (Å²) in [6, 6.07) is 7.73. The molecule has 1 heterocycles. The van der Waals surface area contributed by atoms with Gasteiger partial charge in [0.2, 0.25) is 5.91 Å². The van der Waals surface area contributed by atoms with Crippen LogP contribution in [0, 0.1) is 12.7 Å². The molecule has 0 bridgehead atoms. The van der Waals surface area contributed by atoms with E-state index in [9.17, 15) is 9.18 Å². The second-order valence-electron chi connectivity index (χ2n) is 4.46. The first-order valence-corrected chi connectivity index (χ1v) is 6.31. The van der Waals surface area contributed by atoms with Gasteiger partial charge in [0.15, 0.2) is 0 Å². The number of benzene rings is 1. The summed E-state index contributed by atoms with van der Waals surface area (Å²) in [6.07, 6.45) is 3.50. The lowest BCUT2D eigenvalue weighted by Gasteiger charge is -2.08. The Balaban J connectivity index is 1.80. The van der Waals surface area contributed by atoms with Crippen molar-refractivity contribution >= 4 is 11.6 Å². The number of nitrogens with zero attached hydrogens (tertiary/aromatic N) is 1. The van der Waals surface area contributed by atoms with Gasteiger partial charge in [-0.2, -0.15) is 0 Å². The van der Waals surface area contributed by atoms with E-state index in [1.165, 1.54) is 12.1 Å². The maximum Gasteiger partial charge on any atom is 0.238 e. The van der Waals surface area contributed by atoms with E-state index in [4.69, 9.17) is 0 Å². The Bertz CT molecular complexity index is 601. The quantitative estimate of drug-likeness (QED) is 0.878. The molecule has 2 rings (SSSR count). The monoisotopic (exact) mass is 273 g/mol. The van der Waals surface area contributed by atoms with Crippen LogP contribution in [0.5, 0.6) is 0 Å². The molecule has 20 heavy (non-hydrogen) atoms. The number of halogens is 1. The molecule has 0 aliphatic rings. The number of anilines is 1. The second kappa shape index (κ2) is 6.77. The van der Waals surface area contributed by atoms with Crippen LogP contribution in [0.4, 0.5) is 10.1 Å². The smallest absolute Gasteiger partial charge is 0.238 e. The number of carbonyl (C=O) groups is 1. The van der Waals surface area contributed by atoms with E-state index in [0.717, 1.165) is 11.1 Å². The highest BCUT2D eigenvalue weighted by molar-refractivity contribution is 5.92. The molecular weight excluding hydrogens is 257 g/mol. The molecule has 5 heteroatoms. The first kappa shape index (κ1) is 14.1. The highest BCUT2D eigenvalue weighted by Gasteiger charge is 2.03. The van der Waals surface area contributed by atoms with Gasteiger partial charge in [-0.3, -0.25) is 9.78 Å². The van der Waals surface area contributed by atoms with Crippen LogP contribution in [0.15, 0.2) is 42.7 Å². The number of amides is 1. The van der Waals surface area contributed by atoms with E-state index in [1.807, 2.05) is 13.0 Å². The summed E-state index contributed by atoms with van der Waals surface area (Å²) in [5.74, 6) is -0.584. The van der Waals surface area contributed by atoms with Gasteiger partial charge < -0.3 is 10.6 Å². The van der Waals surface area contributed by atoms with Crippen molar-refractivity contribution in [2.24, 2.45) is 0 Å². The molecule has 1 amide bonds. The predicted molar refractivity (Wildman–Crippen MR) is 75.7 cm³/mol. The Labute approximate surface area is 117 Å². The Hall–Kier alpha value is -2.27. The molecule has 2 N–H and O–H groups in total. The van der Waals surface area contributed by atoms with Gasteiger partial charge in [0.25, 0.3) is 0 Å². The first-order chi connectivity index (χ1) is 9.65. The highest BCUT2D eigenvalue weighted by atomic mass is 19.1. The summed E-state index contributed by atoms with van der Waals surface area (Å²) in [7, 11) is 0.